The molecule has 0 unspecified atom stereocenters. The number of alkyl carbamates (subject to hydrolysis) is 1. The van der Waals surface area contributed by atoms with Crippen LogP contribution in [0.5, 0.6) is 0 Å². The van der Waals surface area contributed by atoms with Crippen molar-refractivity contribution in [3.63, 3.8) is 0 Å². The monoisotopic (exact) mass is 449 g/mol. The quantitative estimate of drug-likeness (QED) is 0.534. The van der Waals surface area contributed by atoms with Gasteiger partial charge in [0, 0.05) is 36.1 Å². The number of fused-ring (bicyclic) bond motifs is 1. The van der Waals surface area contributed by atoms with E-state index in [0.29, 0.717) is 18.0 Å². The fourth-order valence-corrected chi connectivity index (χ4v) is 4.12. The molecule has 0 aliphatic heterocycles. The summed E-state index contributed by atoms with van der Waals surface area (Å²) >= 11 is 0. The third-order valence-electron chi connectivity index (χ3n) is 5.82. The summed E-state index contributed by atoms with van der Waals surface area (Å²) in [6.45, 7) is 6.20. The molecule has 1 aliphatic rings. The number of benzene rings is 1. The van der Waals surface area contributed by atoms with Crippen LogP contribution in [0.3, 0.4) is 0 Å². The van der Waals surface area contributed by atoms with Gasteiger partial charge in [0.1, 0.15) is 11.4 Å². The van der Waals surface area contributed by atoms with Crippen LogP contribution in [0.2, 0.25) is 0 Å². The van der Waals surface area contributed by atoms with Crippen LogP contribution in [0.1, 0.15) is 56.8 Å². The van der Waals surface area contributed by atoms with Crippen molar-refractivity contribution in [2.45, 2.75) is 58.1 Å². The SMILES string of the molecule is CC(C)(C)OC(=O)NC1CCC(CNC(=O)c2ccc3nc(-c4ccncc4)[nH]c3c2)CC1. The van der Waals surface area contributed by atoms with Crippen molar-refractivity contribution in [2.75, 3.05) is 6.54 Å². The van der Waals surface area contributed by atoms with Gasteiger partial charge < -0.3 is 20.4 Å². The lowest BCUT2D eigenvalue weighted by Crippen LogP contribution is -2.42. The minimum atomic E-state index is -0.495. The summed E-state index contributed by atoms with van der Waals surface area (Å²) in [5, 5.41) is 6.02. The molecule has 0 spiro atoms. The normalized spacial score (nSPS) is 18.6. The van der Waals surface area contributed by atoms with Crippen molar-refractivity contribution >= 4 is 23.0 Å². The summed E-state index contributed by atoms with van der Waals surface area (Å²) in [5.41, 5.74) is 2.69. The lowest BCUT2D eigenvalue weighted by Gasteiger charge is -2.30. The molecule has 1 fully saturated rings. The number of nitrogens with one attached hydrogen (secondary N) is 3. The fraction of sp³-hybridized carbons (Fsp3) is 0.440. The Hall–Kier alpha value is -3.42. The van der Waals surface area contributed by atoms with Crippen LogP contribution in [-0.2, 0) is 4.74 Å². The Kier molecular flexibility index (Phi) is 6.62. The maximum Gasteiger partial charge on any atom is 0.407 e. The molecule has 8 nitrogen and oxygen atoms in total. The van der Waals surface area contributed by atoms with Crippen LogP contribution in [-0.4, -0.2) is 45.1 Å². The number of carbonyl (C=O) groups is 2. The number of rotatable bonds is 5. The summed E-state index contributed by atoms with van der Waals surface area (Å²) in [6, 6.07) is 9.41. The molecule has 0 saturated heterocycles. The van der Waals surface area contributed by atoms with Gasteiger partial charge in [-0.25, -0.2) is 9.78 Å². The molecule has 0 bridgehead atoms. The Morgan fingerprint density at radius 1 is 1.09 bits per heavy atom. The standard InChI is InChI=1S/C25H31N5O3/c1-25(2,3)33-24(32)28-19-7-4-16(5-8-19)15-27-23(31)18-6-9-20-21(14-18)30-22(29-20)17-10-12-26-13-11-17/h6,9-14,16,19H,4-5,7-8,15H2,1-3H3,(H,27,31)(H,28,32)(H,29,30). The topological polar surface area (TPSA) is 109 Å². The predicted octanol–water partition coefficient (Wildman–Crippen LogP) is 4.44. The predicted molar refractivity (Wildman–Crippen MR) is 127 cm³/mol. The second-order valence-corrected chi connectivity index (χ2v) is 9.63. The van der Waals surface area contributed by atoms with E-state index in [2.05, 4.69) is 25.6 Å². The number of aromatic nitrogens is 3. The summed E-state index contributed by atoms with van der Waals surface area (Å²) < 4.78 is 5.34. The van der Waals surface area contributed by atoms with E-state index in [4.69, 9.17) is 4.74 Å². The van der Waals surface area contributed by atoms with Gasteiger partial charge in [-0.05, 0) is 82.7 Å². The van der Waals surface area contributed by atoms with Gasteiger partial charge in [-0.1, -0.05) is 0 Å². The van der Waals surface area contributed by atoms with Crippen molar-refractivity contribution in [1.82, 2.24) is 25.6 Å². The maximum atomic E-state index is 12.7. The first-order valence-electron chi connectivity index (χ1n) is 11.4. The molecule has 4 rings (SSSR count). The van der Waals surface area contributed by atoms with Gasteiger partial charge in [0.2, 0.25) is 0 Å². The van der Waals surface area contributed by atoms with Crippen molar-refractivity contribution in [3.05, 3.63) is 48.3 Å². The van der Waals surface area contributed by atoms with E-state index in [9.17, 15) is 9.59 Å². The summed E-state index contributed by atoms with van der Waals surface area (Å²) in [6.07, 6.45) is 6.77. The van der Waals surface area contributed by atoms with Gasteiger partial charge in [-0.3, -0.25) is 9.78 Å². The summed E-state index contributed by atoms with van der Waals surface area (Å²) in [5.74, 6) is 1.06. The van der Waals surface area contributed by atoms with E-state index in [0.717, 1.165) is 48.1 Å². The molecule has 3 N–H and O–H groups in total. The first-order chi connectivity index (χ1) is 15.8. The molecule has 1 aromatic carbocycles. The highest BCUT2D eigenvalue weighted by Crippen LogP contribution is 2.25. The molecule has 1 aliphatic carbocycles. The molecular weight excluding hydrogens is 418 g/mol. The van der Waals surface area contributed by atoms with Crippen molar-refractivity contribution < 1.29 is 14.3 Å². The largest absolute Gasteiger partial charge is 0.444 e. The lowest BCUT2D eigenvalue weighted by molar-refractivity contribution is 0.0487. The van der Waals surface area contributed by atoms with Gasteiger partial charge in [0.05, 0.1) is 11.0 Å². The molecule has 1 saturated carbocycles. The Bertz CT molecular complexity index is 1110. The third kappa shape index (κ3) is 6.09. The number of ether oxygens (including phenoxy) is 1. The molecule has 3 aromatic rings. The van der Waals surface area contributed by atoms with Crippen LogP contribution in [0.25, 0.3) is 22.4 Å². The highest BCUT2D eigenvalue weighted by molar-refractivity contribution is 5.97. The number of nitrogens with zero attached hydrogens (tertiary/aromatic N) is 2. The molecule has 8 heteroatoms. The van der Waals surface area contributed by atoms with E-state index in [1.54, 1.807) is 18.5 Å². The molecule has 2 aromatic heterocycles. The fourth-order valence-electron chi connectivity index (χ4n) is 4.12. The Labute approximate surface area is 193 Å². The van der Waals surface area contributed by atoms with E-state index >= 15 is 0 Å². The second-order valence-electron chi connectivity index (χ2n) is 9.63. The molecule has 33 heavy (non-hydrogen) atoms. The minimum Gasteiger partial charge on any atom is -0.444 e. The summed E-state index contributed by atoms with van der Waals surface area (Å²) in [4.78, 5) is 36.6. The zero-order chi connectivity index (χ0) is 23.4. The van der Waals surface area contributed by atoms with E-state index in [1.807, 2.05) is 45.0 Å². The summed E-state index contributed by atoms with van der Waals surface area (Å²) in [7, 11) is 0. The van der Waals surface area contributed by atoms with Gasteiger partial charge >= 0.3 is 6.09 Å². The Morgan fingerprint density at radius 3 is 2.52 bits per heavy atom. The van der Waals surface area contributed by atoms with Crippen LogP contribution in [0.4, 0.5) is 4.79 Å². The van der Waals surface area contributed by atoms with Crippen LogP contribution >= 0.6 is 0 Å². The number of H-pyrrole nitrogens is 1. The third-order valence-corrected chi connectivity index (χ3v) is 5.82. The van der Waals surface area contributed by atoms with E-state index in [1.165, 1.54) is 0 Å². The Balaban J connectivity index is 1.27. The van der Waals surface area contributed by atoms with Crippen LogP contribution in [0.15, 0.2) is 42.7 Å². The molecule has 0 radical (unpaired) electrons. The second kappa shape index (κ2) is 9.60. The maximum absolute atomic E-state index is 12.7. The molecule has 0 atom stereocenters. The smallest absolute Gasteiger partial charge is 0.407 e. The van der Waals surface area contributed by atoms with Gasteiger partial charge in [-0.15, -0.1) is 0 Å². The highest BCUT2D eigenvalue weighted by atomic mass is 16.6. The molecule has 174 valence electrons. The average Bonchev–Trinajstić information content (AvgIpc) is 3.21. The van der Waals surface area contributed by atoms with E-state index in [-0.39, 0.29) is 18.0 Å². The van der Waals surface area contributed by atoms with Gasteiger partial charge in [0.25, 0.3) is 5.91 Å². The first-order valence-corrected chi connectivity index (χ1v) is 11.4. The number of imidazole rings is 1. The van der Waals surface area contributed by atoms with Crippen LogP contribution < -0.4 is 10.6 Å². The van der Waals surface area contributed by atoms with Crippen LogP contribution in [0, 0.1) is 5.92 Å². The number of hydrogen-bond donors (Lipinski definition) is 3. The molecular formula is C25H31N5O3. The number of carbonyl (C=O) groups excluding carboxylic acids is 2. The minimum absolute atomic E-state index is 0.0917. The molecule has 2 heterocycles. The number of aromatic amines is 1. The van der Waals surface area contributed by atoms with E-state index < -0.39 is 5.60 Å². The van der Waals surface area contributed by atoms with Gasteiger partial charge in [0.15, 0.2) is 0 Å². The lowest BCUT2D eigenvalue weighted by atomic mass is 9.86. The average molecular weight is 450 g/mol. The zero-order valence-electron chi connectivity index (χ0n) is 19.4. The van der Waals surface area contributed by atoms with Crippen molar-refractivity contribution in [3.8, 4) is 11.4 Å². The van der Waals surface area contributed by atoms with Gasteiger partial charge in [-0.2, -0.15) is 0 Å². The number of pyridine rings is 1. The first kappa shape index (κ1) is 22.8. The number of hydrogen-bond acceptors (Lipinski definition) is 5. The van der Waals surface area contributed by atoms with Crippen molar-refractivity contribution in [2.24, 2.45) is 5.92 Å². The highest BCUT2D eigenvalue weighted by Gasteiger charge is 2.25. The Morgan fingerprint density at radius 2 is 1.82 bits per heavy atom. The van der Waals surface area contributed by atoms with Crippen molar-refractivity contribution in [1.29, 1.82) is 0 Å². The number of amides is 2. The zero-order valence-corrected chi connectivity index (χ0v) is 19.4. The molecule has 2 amide bonds.